The molecule has 0 bridgehead atoms. The van der Waals surface area contributed by atoms with Crippen molar-refractivity contribution in [2.75, 3.05) is 38.7 Å². The first-order valence-electron chi connectivity index (χ1n) is 9.57. The summed E-state index contributed by atoms with van der Waals surface area (Å²) in [6.07, 6.45) is 1.28. The van der Waals surface area contributed by atoms with Gasteiger partial charge in [-0.15, -0.1) is 0 Å². The Morgan fingerprint density at radius 2 is 2.07 bits per heavy atom. The van der Waals surface area contributed by atoms with Crippen LogP contribution in [0.5, 0.6) is 5.75 Å². The van der Waals surface area contributed by atoms with E-state index >= 15 is 0 Å². The van der Waals surface area contributed by atoms with Crippen LogP contribution in [-0.2, 0) is 4.79 Å². The lowest BCUT2D eigenvalue weighted by Gasteiger charge is -2.43. The summed E-state index contributed by atoms with van der Waals surface area (Å²) in [5.74, 6) is 0.713. The van der Waals surface area contributed by atoms with Gasteiger partial charge in [-0.25, -0.2) is 4.79 Å². The van der Waals surface area contributed by atoms with Gasteiger partial charge in [0.1, 0.15) is 24.2 Å². The second-order valence-electron chi connectivity index (χ2n) is 7.30. The second kappa shape index (κ2) is 7.01. The van der Waals surface area contributed by atoms with Crippen LogP contribution < -0.4 is 15.0 Å². The smallest absolute Gasteiger partial charge is 0.327 e. The molecule has 0 spiro atoms. The Bertz CT molecular complexity index is 742. The molecule has 1 aromatic carbocycles. The van der Waals surface area contributed by atoms with Crippen molar-refractivity contribution in [3.05, 3.63) is 24.3 Å². The Balaban J connectivity index is 1.65. The molecule has 0 saturated carbocycles. The van der Waals surface area contributed by atoms with Gasteiger partial charge in [0.25, 0.3) is 5.91 Å². The van der Waals surface area contributed by atoms with E-state index in [0.29, 0.717) is 6.54 Å². The molecule has 3 heterocycles. The maximum Gasteiger partial charge on any atom is 0.327 e. The summed E-state index contributed by atoms with van der Waals surface area (Å²) in [4.78, 5) is 33.3. The number of urea groups is 1. The highest BCUT2D eigenvalue weighted by atomic mass is 16.5. The highest BCUT2D eigenvalue weighted by Crippen LogP contribution is 2.33. The molecule has 3 aliphatic rings. The zero-order valence-electron chi connectivity index (χ0n) is 16.1. The van der Waals surface area contributed by atoms with Gasteiger partial charge in [-0.2, -0.15) is 0 Å². The first-order chi connectivity index (χ1) is 13.1. The van der Waals surface area contributed by atoms with E-state index in [1.807, 2.05) is 25.1 Å². The first-order valence-corrected chi connectivity index (χ1v) is 9.57. The number of anilines is 1. The van der Waals surface area contributed by atoms with Gasteiger partial charge in [0.05, 0.1) is 7.11 Å². The summed E-state index contributed by atoms with van der Waals surface area (Å²) in [7, 11) is 3.43. The predicted molar refractivity (Wildman–Crippen MR) is 101 cm³/mol. The lowest BCUT2D eigenvalue weighted by Crippen LogP contribution is -2.66. The Morgan fingerprint density at radius 3 is 2.81 bits per heavy atom. The van der Waals surface area contributed by atoms with Crippen LogP contribution in [0.4, 0.5) is 10.5 Å². The molecule has 8 nitrogen and oxygen atoms in total. The van der Waals surface area contributed by atoms with Crippen molar-refractivity contribution in [2.24, 2.45) is 0 Å². The molecule has 8 heteroatoms. The van der Waals surface area contributed by atoms with Gasteiger partial charge in [0.15, 0.2) is 0 Å². The number of hydrogen-bond donors (Lipinski definition) is 1. The third-order valence-corrected chi connectivity index (χ3v) is 5.70. The average molecular weight is 373 g/mol. The number of carbonyl (C=O) groups excluding carboxylic acids is 2. The van der Waals surface area contributed by atoms with E-state index in [4.69, 9.17) is 4.74 Å². The zero-order chi connectivity index (χ0) is 19.1. The summed E-state index contributed by atoms with van der Waals surface area (Å²) in [5, 5.41) is 3.52. The number of methoxy groups -OCH3 is 1. The van der Waals surface area contributed by atoms with Crippen LogP contribution in [0, 0.1) is 0 Å². The van der Waals surface area contributed by atoms with Gasteiger partial charge in [-0.05, 0) is 25.0 Å². The fourth-order valence-corrected chi connectivity index (χ4v) is 4.40. The summed E-state index contributed by atoms with van der Waals surface area (Å²) in [6, 6.07) is 7.38. The van der Waals surface area contributed by atoms with E-state index in [-0.39, 0.29) is 30.4 Å². The number of hydrogen-bond acceptors (Lipinski definition) is 6. The standard InChI is InChI=1S/C19H27N5O3/c1-4-9-24-17(25)15-16(21(2)19(24)26)20-18-22(10-6-11-23(15)18)13-7-5-8-14(12-13)27-3/h5,7-8,12,15-16,18,20H,4,6,9-11H2,1-3H3. The number of nitrogens with zero attached hydrogens (tertiary/aromatic N) is 4. The van der Waals surface area contributed by atoms with Crippen molar-refractivity contribution in [1.29, 1.82) is 0 Å². The van der Waals surface area contributed by atoms with Crippen molar-refractivity contribution in [2.45, 2.75) is 38.3 Å². The number of amides is 3. The highest BCUT2D eigenvalue weighted by molar-refractivity contribution is 6.00. The maximum absolute atomic E-state index is 13.1. The number of likely N-dealkylation sites (N-methyl/N-ethyl adjacent to an activating group) is 1. The second-order valence-corrected chi connectivity index (χ2v) is 7.30. The molecule has 1 N–H and O–H groups in total. The summed E-state index contributed by atoms with van der Waals surface area (Å²) >= 11 is 0. The van der Waals surface area contributed by atoms with Crippen LogP contribution in [-0.4, -0.2) is 78.9 Å². The van der Waals surface area contributed by atoms with Crippen LogP contribution in [0.1, 0.15) is 19.8 Å². The number of rotatable bonds is 4. The topological polar surface area (TPSA) is 68.4 Å². The SMILES string of the molecule is CCCN1C(=O)C2C(NC3N(c4cccc(OC)c4)CCCN23)N(C)C1=O. The van der Waals surface area contributed by atoms with Crippen LogP contribution in [0.3, 0.4) is 0 Å². The molecule has 3 aliphatic heterocycles. The Labute approximate surface area is 159 Å². The number of fused-ring (bicyclic) bond motifs is 3. The molecular formula is C19H27N5O3. The van der Waals surface area contributed by atoms with Crippen LogP contribution in [0.2, 0.25) is 0 Å². The molecule has 4 rings (SSSR count). The molecule has 3 amide bonds. The minimum atomic E-state index is -0.349. The molecular weight excluding hydrogens is 346 g/mol. The van der Waals surface area contributed by atoms with E-state index in [1.165, 1.54) is 4.90 Å². The summed E-state index contributed by atoms with van der Waals surface area (Å²) < 4.78 is 5.37. The quantitative estimate of drug-likeness (QED) is 0.852. The number of nitrogens with one attached hydrogen (secondary N) is 1. The normalized spacial score (nSPS) is 28.4. The number of benzene rings is 1. The van der Waals surface area contributed by atoms with Crippen LogP contribution in [0.15, 0.2) is 24.3 Å². The Morgan fingerprint density at radius 1 is 1.26 bits per heavy atom. The van der Waals surface area contributed by atoms with Gasteiger partial charge in [-0.3, -0.25) is 19.9 Å². The largest absolute Gasteiger partial charge is 0.497 e. The predicted octanol–water partition coefficient (Wildman–Crippen LogP) is 1.09. The van der Waals surface area contributed by atoms with Gasteiger partial charge >= 0.3 is 6.03 Å². The van der Waals surface area contributed by atoms with Crippen molar-refractivity contribution in [3.8, 4) is 5.75 Å². The van der Waals surface area contributed by atoms with Gasteiger partial charge in [-0.1, -0.05) is 13.0 Å². The molecule has 3 fully saturated rings. The first kappa shape index (κ1) is 18.1. The highest BCUT2D eigenvalue weighted by Gasteiger charge is 2.55. The van der Waals surface area contributed by atoms with Gasteiger partial charge in [0, 0.05) is 38.4 Å². The zero-order valence-corrected chi connectivity index (χ0v) is 16.1. The van der Waals surface area contributed by atoms with E-state index in [0.717, 1.165) is 37.4 Å². The van der Waals surface area contributed by atoms with E-state index in [9.17, 15) is 9.59 Å². The van der Waals surface area contributed by atoms with Gasteiger partial charge < -0.3 is 14.5 Å². The fourth-order valence-electron chi connectivity index (χ4n) is 4.40. The maximum atomic E-state index is 13.1. The van der Waals surface area contributed by atoms with Crippen LogP contribution >= 0.6 is 0 Å². The molecule has 3 atom stereocenters. The molecule has 27 heavy (non-hydrogen) atoms. The molecule has 0 aromatic heterocycles. The average Bonchev–Trinajstić information content (AvgIpc) is 3.09. The lowest BCUT2D eigenvalue weighted by atomic mass is 10.1. The van der Waals surface area contributed by atoms with E-state index < -0.39 is 0 Å². The molecule has 146 valence electrons. The minimum Gasteiger partial charge on any atom is -0.497 e. The third kappa shape index (κ3) is 2.83. The molecule has 0 radical (unpaired) electrons. The number of ether oxygens (including phenoxy) is 1. The monoisotopic (exact) mass is 373 g/mol. The van der Waals surface area contributed by atoms with Crippen molar-refractivity contribution < 1.29 is 14.3 Å². The molecule has 3 unspecified atom stereocenters. The van der Waals surface area contributed by atoms with Crippen molar-refractivity contribution >= 4 is 17.6 Å². The van der Waals surface area contributed by atoms with Gasteiger partial charge in [0.2, 0.25) is 0 Å². The number of imide groups is 1. The Hall–Kier alpha value is -2.32. The fraction of sp³-hybridized carbons (Fsp3) is 0.579. The molecule has 3 saturated heterocycles. The summed E-state index contributed by atoms with van der Waals surface area (Å²) in [6.45, 7) is 4.15. The van der Waals surface area contributed by atoms with E-state index in [1.54, 1.807) is 19.1 Å². The molecule has 0 aliphatic carbocycles. The third-order valence-electron chi connectivity index (χ3n) is 5.70. The van der Waals surface area contributed by atoms with E-state index in [2.05, 4.69) is 21.2 Å². The van der Waals surface area contributed by atoms with Crippen molar-refractivity contribution in [1.82, 2.24) is 20.0 Å². The van der Waals surface area contributed by atoms with Crippen molar-refractivity contribution in [3.63, 3.8) is 0 Å². The van der Waals surface area contributed by atoms with Crippen LogP contribution in [0.25, 0.3) is 0 Å². The Kier molecular flexibility index (Phi) is 4.69. The lowest BCUT2D eigenvalue weighted by molar-refractivity contribution is -0.138. The minimum absolute atomic E-state index is 0.0903. The summed E-state index contributed by atoms with van der Waals surface area (Å²) in [5.41, 5.74) is 1.04. The molecule has 1 aromatic rings. The number of carbonyl (C=O) groups is 2.